The van der Waals surface area contributed by atoms with E-state index in [2.05, 4.69) is 121 Å². The zero-order chi connectivity index (χ0) is 23.5. The fourth-order valence-electron chi connectivity index (χ4n) is 4.59. The van der Waals surface area contributed by atoms with E-state index < -0.39 is 0 Å². The van der Waals surface area contributed by atoms with Crippen molar-refractivity contribution in [2.45, 2.75) is 6.42 Å². The number of pyridine rings is 2. The maximum Gasteiger partial charge on any atom is 0.0711 e. The Labute approximate surface area is 205 Å². The standard InChI is InChI=1S/C33H24N2/c1-3-11-24(12-4-1)27-21-29(35-33(22-27)26-14-5-2-6-15-26)23-28-17-10-20-32(34-28)31-19-9-16-25-13-7-8-18-30(25)31/h1-22H,23H2. The van der Waals surface area contributed by atoms with Crippen LogP contribution in [0, 0.1) is 0 Å². The van der Waals surface area contributed by atoms with Gasteiger partial charge < -0.3 is 0 Å². The van der Waals surface area contributed by atoms with Crippen LogP contribution in [0.4, 0.5) is 0 Å². The molecule has 35 heavy (non-hydrogen) atoms. The van der Waals surface area contributed by atoms with Gasteiger partial charge in [-0.2, -0.15) is 0 Å². The lowest BCUT2D eigenvalue weighted by Crippen LogP contribution is -1.99. The summed E-state index contributed by atoms with van der Waals surface area (Å²) in [4.78, 5) is 10.1. The summed E-state index contributed by atoms with van der Waals surface area (Å²) >= 11 is 0. The fourth-order valence-corrected chi connectivity index (χ4v) is 4.59. The van der Waals surface area contributed by atoms with Crippen LogP contribution >= 0.6 is 0 Å². The summed E-state index contributed by atoms with van der Waals surface area (Å²) in [6.07, 6.45) is 0.666. The Morgan fingerprint density at radius 1 is 0.429 bits per heavy atom. The molecule has 0 aliphatic heterocycles. The second-order valence-corrected chi connectivity index (χ2v) is 8.68. The molecule has 0 amide bonds. The third kappa shape index (κ3) is 4.47. The van der Waals surface area contributed by atoms with Gasteiger partial charge >= 0.3 is 0 Å². The Balaban J connectivity index is 1.41. The van der Waals surface area contributed by atoms with Crippen molar-refractivity contribution in [3.63, 3.8) is 0 Å². The first-order valence-electron chi connectivity index (χ1n) is 11.9. The Hall–Kier alpha value is -4.56. The summed E-state index contributed by atoms with van der Waals surface area (Å²) in [5.74, 6) is 0. The molecule has 0 aliphatic carbocycles. The van der Waals surface area contributed by atoms with Gasteiger partial charge in [-0.1, -0.05) is 109 Å². The number of nitrogens with zero attached hydrogens (tertiary/aromatic N) is 2. The summed E-state index contributed by atoms with van der Waals surface area (Å²) in [5, 5.41) is 2.44. The Morgan fingerprint density at radius 3 is 1.91 bits per heavy atom. The van der Waals surface area contributed by atoms with Gasteiger partial charge in [0.15, 0.2) is 0 Å². The van der Waals surface area contributed by atoms with Crippen molar-refractivity contribution in [2.24, 2.45) is 0 Å². The van der Waals surface area contributed by atoms with Gasteiger partial charge in [-0.3, -0.25) is 9.97 Å². The van der Waals surface area contributed by atoms with Crippen LogP contribution in [0.2, 0.25) is 0 Å². The van der Waals surface area contributed by atoms with Gasteiger partial charge in [0.1, 0.15) is 0 Å². The van der Waals surface area contributed by atoms with E-state index in [9.17, 15) is 0 Å². The van der Waals surface area contributed by atoms with E-state index >= 15 is 0 Å². The zero-order valence-corrected chi connectivity index (χ0v) is 19.3. The van der Waals surface area contributed by atoms with Crippen LogP contribution < -0.4 is 0 Å². The number of benzene rings is 4. The van der Waals surface area contributed by atoms with E-state index in [1.54, 1.807) is 0 Å². The summed E-state index contributed by atoms with van der Waals surface area (Å²) in [6, 6.07) is 46.4. The van der Waals surface area contributed by atoms with E-state index in [1.165, 1.54) is 21.9 Å². The molecule has 0 saturated carbocycles. The number of aromatic nitrogens is 2. The van der Waals surface area contributed by atoms with Crippen LogP contribution in [0.5, 0.6) is 0 Å². The third-order valence-electron chi connectivity index (χ3n) is 6.29. The molecule has 4 aromatic carbocycles. The molecule has 0 bridgehead atoms. The molecule has 2 heteroatoms. The van der Waals surface area contributed by atoms with Gasteiger partial charge in [-0.05, 0) is 46.2 Å². The molecule has 2 nitrogen and oxygen atoms in total. The van der Waals surface area contributed by atoms with Crippen LogP contribution in [0.15, 0.2) is 133 Å². The number of hydrogen-bond donors (Lipinski definition) is 0. The quantitative estimate of drug-likeness (QED) is 0.265. The predicted octanol–water partition coefficient (Wildman–Crippen LogP) is 8.22. The second-order valence-electron chi connectivity index (χ2n) is 8.68. The monoisotopic (exact) mass is 448 g/mol. The molecule has 0 aliphatic rings. The molecule has 0 fully saturated rings. The van der Waals surface area contributed by atoms with E-state index in [0.29, 0.717) is 6.42 Å². The largest absolute Gasteiger partial charge is 0.252 e. The lowest BCUT2D eigenvalue weighted by atomic mass is 10.00. The Morgan fingerprint density at radius 2 is 1.09 bits per heavy atom. The Kier molecular flexibility index (Phi) is 5.62. The van der Waals surface area contributed by atoms with Crippen molar-refractivity contribution in [3.8, 4) is 33.6 Å². The molecule has 6 rings (SSSR count). The number of fused-ring (bicyclic) bond motifs is 1. The summed E-state index contributed by atoms with van der Waals surface area (Å²) in [5.41, 5.74) is 8.60. The molecule has 2 aromatic heterocycles. The molecule has 166 valence electrons. The molecular weight excluding hydrogens is 424 g/mol. The third-order valence-corrected chi connectivity index (χ3v) is 6.29. The predicted molar refractivity (Wildman–Crippen MR) is 145 cm³/mol. The zero-order valence-electron chi connectivity index (χ0n) is 19.3. The topological polar surface area (TPSA) is 25.8 Å². The maximum atomic E-state index is 5.05. The minimum atomic E-state index is 0.666. The average Bonchev–Trinajstić information content (AvgIpc) is 2.94. The molecule has 0 N–H and O–H groups in total. The SMILES string of the molecule is c1ccc(-c2cc(Cc3cccc(-c4cccc5ccccc45)n3)nc(-c3ccccc3)c2)cc1. The van der Waals surface area contributed by atoms with Gasteiger partial charge in [-0.25, -0.2) is 0 Å². The van der Waals surface area contributed by atoms with E-state index in [-0.39, 0.29) is 0 Å². The molecule has 0 atom stereocenters. The fraction of sp³-hybridized carbons (Fsp3) is 0.0303. The molecule has 0 unspecified atom stereocenters. The second kappa shape index (κ2) is 9.36. The molecule has 2 heterocycles. The highest BCUT2D eigenvalue weighted by atomic mass is 14.7. The van der Waals surface area contributed by atoms with Crippen molar-refractivity contribution in [1.82, 2.24) is 9.97 Å². The van der Waals surface area contributed by atoms with Crippen molar-refractivity contribution < 1.29 is 0 Å². The molecule has 0 spiro atoms. The normalized spacial score (nSPS) is 11.0. The van der Waals surface area contributed by atoms with Crippen molar-refractivity contribution in [3.05, 3.63) is 145 Å². The van der Waals surface area contributed by atoms with Gasteiger partial charge in [0.05, 0.1) is 11.4 Å². The molecule has 6 aromatic rings. The van der Waals surface area contributed by atoms with Crippen molar-refractivity contribution in [1.29, 1.82) is 0 Å². The average molecular weight is 449 g/mol. The number of hydrogen-bond acceptors (Lipinski definition) is 2. The van der Waals surface area contributed by atoms with Crippen LogP contribution in [0.3, 0.4) is 0 Å². The summed E-state index contributed by atoms with van der Waals surface area (Å²) < 4.78 is 0. The Bertz CT molecular complexity index is 1540. The van der Waals surface area contributed by atoms with Crippen LogP contribution in [-0.2, 0) is 6.42 Å². The summed E-state index contributed by atoms with van der Waals surface area (Å²) in [6.45, 7) is 0. The minimum absolute atomic E-state index is 0.666. The molecular formula is C33H24N2. The smallest absolute Gasteiger partial charge is 0.0711 e. The first kappa shape index (κ1) is 21.0. The molecule has 0 saturated heterocycles. The minimum Gasteiger partial charge on any atom is -0.252 e. The van der Waals surface area contributed by atoms with Crippen LogP contribution in [-0.4, -0.2) is 9.97 Å². The highest BCUT2D eigenvalue weighted by Crippen LogP contribution is 2.29. The van der Waals surface area contributed by atoms with E-state index in [1.807, 2.05) is 12.1 Å². The number of rotatable bonds is 5. The first-order valence-corrected chi connectivity index (χ1v) is 11.9. The maximum absolute atomic E-state index is 5.05. The van der Waals surface area contributed by atoms with Crippen LogP contribution in [0.25, 0.3) is 44.4 Å². The lowest BCUT2D eigenvalue weighted by Gasteiger charge is -2.11. The van der Waals surface area contributed by atoms with Gasteiger partial charge in [0.25, 0.3) is 0 Å². The first-order chi connectivity index (χ1) is 17.3. The summed E-state index contributed by atoms with van der Waals surface area (Å²) in [7, 11) is 0. The van der Waals surface area contributed by atoms with E-state index in [4.69, 9.17) is 9.97 Å². The van der Waals surface area contributed by atoms with Gasteiger partial charge in [-0.15, -0.1) is 0 Å². The van der Waals surface area contributed by atoms with Crippen molar-refractivity contribution >= 4 is 10.8 Å². The highest BCUT2D eigenvalue weighted by molar-refractivity contribution is 5.95. The lowest BCUT2D eigenvalue weighted by molar-refractivity contribution is 1.02. The van der Waals surface area contributed by atoms with E-state index in [0.717, 1.165) is 33.9 Å². The molecule has 0 radical (unpaired) electrons. The van der Waals surface area contributed by atoms with Crippen molar-refractivity contribution in [2.75, 3.05) is 0 Å². The van der Waals surface area contributed by atoms with Gasteiger partial charge in [0, 0.05) is 28.9 Å². The van der Waals surface area contributed by atoms with Gasteiger partial charge in [0.2, 0.25) is 0 Å². The van der Waals surface area contributed by atoms with Crippen LogP contribution in [0.1, 0.15) is 11.4 Å². The highest BCUT2D eigenvalue weighted by Gasteiger charge is 2.10.